The van der Waals surface area contributed by atoms with Gasteiger partial charge in [-0.25, -0.2) is 0 Å². The van der Waals surface area contributed by atoms with E-state index in [0.29, 0.717) is 0 Å². The molecule has 0 unspecified atom stereocenters. The zero-order valence-corrected chi connectivity index (χ0v) is 13.6. The number of aryl methyl sites for hydroxylation is 2. The van der Waals surface area contributed by atoms with Gasteiger partial charge in [-0.15, -0.1) is 0 Å². The highest BCUT2D eigenvalue weighted by atomic mass is 32.2. The fraction of sp³-hybridized carbons (Fsp3) is 0.111. The molecule has 0 aliphatic heterocycles. The van der Waals surface area contributed by atoms with Gasteiger partial charge in [-0.3, -0.25) is 0 Å². The van der Waals surface area contributed by atoms with Crippen molar-refractivity contribution in [2.45, 2.75) is 33.8 Å². The first-order valence-corrected chi connectivity index (χ1v) is 8.41. The number of benzene rings is 2. The van der Waals surface area contributed by atoms with Crippen LogP contribution in [-0.4, -0.2) is 0 Å². The maximum atomic E-state index is 5.88. The van der Waals surface area contributed by atoms with Crippen LogP contribution in [0.4, 0.5) is 0 Å². The molecule has 1 nitrogen and oxygen atoms in total. The average molecular weight is 312 g/mol. The van der Waals surface area contributed by atoms with Crippen LogP contribution in [0.1, 0.15) is 11.1 Å². The highest BCUT2D eigenvalue weighted by Crippen LogP contribution is 2.35. The number of rotatable bonds is 4. The summed E-state index contributed by atoms with van der Waals surface area (Å²) in [6.45, 7) is 4.19. The number of hydrogen-bond donors (Lipinski definition) is 0. The Kier molecular flexibility index (Phi) is 4.42. The smallest absolute Gasteiger partial charge is 0.166 e. The predicted molar refractivity (Wildman–Crippen MR) is 89.3 cm³/mol. The highest BCUT2D eigenvalue weighted by Gasteiger charge is 2.06. The van der Waals surface area contributed by atoms with Crippen LogP contribution in [0.3, 0.4) is 0 Å². The zero-order valence-electron chi connectivity index (χ0n) is 12.0. The first-order valence-electron chi connectivity index (χ1n) is 6.78. The van der Waals surface area contributed by atoms with Crippen LogP contribution in [0.25, 0.3) is 0 Å². The Morgan fingerprint density at radius 1 is 0.571 bits per heavy atom. The van der Waals surface area contributed by atoms with Gasteiger partial charge in [0, 0.05) is 9.79 Å². The molecule has 0 spiro atoms. The second-order valence-corrected chi connectivity index (χ2v) is 7.06. The van der Waals surface area contributed by atoms with Gasteiger partial charge in [0.2, 0.25) is 0 Å². The third-order valence-corrected chi connectivity index (χ3v) is 4.89. The summed E-state index contributed by atoms with van der Waals surface area (Å²) < 4.78 is 5.88. The van der Waals surface area contributed by atoms with Gasteiger partial charge in [-0.2, -0.15) is 0 Å². The molecule has 3 heteroatoms. The maximum Gasteiger partial charge on any atom is 0.166 e. The average Bonchev–Trinajstić information content (AvgIpc) is 2.91. The van der Waals surface area contributed by atoms with Gasteiger partial charge >= 0.3 is 0 Å². The monoisotopic (exact) mass is 312 g/mol. The summed E-state index contributed by atoms with van der Waals surface area (Å²) in [5.41, 5.74) is 2.55. The minimum atomic E-state index is 0.925. The molecule has 0 saturated carbocycles. The second-order valence-electron chi connectivity index (χ2n) is 4.90. The molecule has 0 radical (unpaired) electrons. The van der Waals surface area contributed by atoms with E-state index in [1.807, 2.05) is 12.1 Å². The van der Waals surface area contributed by atoms with Crippen LogP contribution in [0.15, 0.2) is 85.1 Å². The Hall–Kier alpha value is -1.58. The summed E-state index contributed by atoms with van der Waals surface area (Å²) >= 11 is 3.30. The van der Waals surface area contributed by atoms with Crippen LogP contribution in [0.5, 0.6) is 0 Å². The lowest BCUT2D eigenvalue weighted by Gasteiger charge is -2.00. The molecular formula is C18H16OS2. The molecule has 3 aromatic rings. The summed E-state index contributed by atoms with van der Waals surface area (Å²) in [5, 5.41) is 1.85. The summed E-state index contributed by atoms with van der Waals surface area (Å²) in [7, 11) is 0. The molecule has 3 rings (SSSR count). The Bertz CT molecular complexity index is 650. The topological polar surface area (TPSA) is 13.1 Å². The third-order valence-electron chi connectivity index (χ3n) is 3.04. The summed E-state index contributed by atoms with van der Waals surface area (Å²) in [4.78, 5) is 2.39. The quantitative estimate of drug-likeness (QED) is 0.569. The minimum absolute atomic E-state index is 0.925. The molecular weight excluding hydrogens is 296 g/mol. The predicted octanol–water partition coefficient (Wildman–Crippen LogP) is 6.20. The van der Waals surface area contributed by atoms with Crippen LogP contribution in [-0.2, 0) is 0 Å². The normalized spacial score (nSPS) is 10.8. The molecule has 1 aromatic heterocycles. The van der Waals surface area contributed by atoms with Gasteiger partial charge in [0.15, 0.2) is 10.2 Å². The number of hydrogen-bond acceptors (Lipinski definition) is 3. The molecule has 0 fully saturated rings. The van der Waals surface area contributed by atoms with E-state index in [2.05, 4.69) is 62.4 Å². The lowest BCUT2D eigenvalue weighted by molar-refractivity contribution is 0.397. The molecule has 106 valence electrons. The Morgan fingerprint density at radius 3 is 1.33 bits per heavy atom. The second kappa shape index (κ2) is 6.46. The summed E-state index contributed by atoms with van der Waals surface area (Å²) in [6, 6.07) is 21.0. The van der Waals surface area contributed by atoms with Crippen molar-refractivity contribution in [2.75, 3.05) is 0 Å². The van der Waals surface area contributed by atoms with Crippen LogP contribution in [0.2, 0.25) is 0 Å². The van der Waals surface area contributed by atoms with Crippen LogP contribution < -0.4 is 0 Å². The fourth-order valence-electron chi connectivity index (χ4n) is 1.86. The van der Waals surface area contributed by atoms with Crippen molar-refractivity contribution in [1.82, 2.24) is 0 Å². The molecule has 2 aromatic carbocycles. The zero-order chi connectivity index (χ0) is 14.7. The van der Waals surface area contributed by atoms with Gasteiger partial charge < -0.3 is 4.42 Å². The number of furan rings is 1. The minimum Gasteiger partial charge on any atom is -0.443 e. The Labute approximate surface area is 133 Å². The molecule has 0 atom stereocenters. The van der Waals surface area contributed by atoms with E-state index >= 15 is 0 Å². The molecule has 0 bridgehead atoms. The molecule has 0 N–H and O–H groups in total. The van der Waals surface area contributed by atoms with Crippen molar-refractivity contribution in [1.29, 1.82) is 0 Å². The standard InChI is InChI=1S/C18H16OS2/c1-13-3-7-15(8-4-13)20-17-11-12-18(19-17)21-16-9-5-14(2)6-10-16/h3-12H,1-2H3. The van der Waals surface area contributed by atoms with E-state index in [-0.39, 0.29) is 0 Å². The van der Waals surface area contributed by atoms with Gasteiger partial charge in [-0.05, 0) is 50.2 Å². The van der Waals surface area contributed by atoms with E-state index in [9.17, 15) is 0 Å². The molecule has 0 saturated heterocycles. The van der Waals surface area contributed by atoms with E-state index in [0.717, 1.165) is 10.2 Å². The first-order chi connectivity index (χ1) is 10.2. The summed E-state index contributed by atoms with van der Waals surface area (Å²) in [6.07, 6.45) is 0. The molecule has 21 heavy (non-hydrogen) atoms. The van der Waals surface area contributed by atoms with Crippen molar-refractivity contribution in [2.24, 2.45) is 0 Å². The van der Waals surface area contributed by atoms with E-state index in [4.69, 9.17) is 4.42 Å². The molecule has 0 aliphatic rings. The first kappa shape index (κ1) is 14.4. The van der Waals surface area contributed by atoms with Crippen molar-refractivity contribution in [3.63, 3.8) is 0 Å². The fourth-order valence-corrected chi connectivity index (χ4v) is 3.45. The van der Waals surface area contributed by atoms with Crippen LogP contribution >= 0.6 is 23.5 Å². The molecule has 0 aliphatic carbocycles. The van der Waals surface area contributed by atoms with E-state index in [1.165, 1.54) is 20.9 Å². The highest BCUT2D eigenvalue weighted by molar-refractivity contribution is 7.99. The SMILES string of the molecule is Cc1ccc(Sc2ccc(Sc3ccc(C)cc3)o2)cc1. The van der Waals surface area contributed by atoms with Gasteiger partial charge in [0.1, 0.15) is 0 Å². The lowest BCUT2D eigenvalue weighted by atomic mass is 10.2. The third kappa shape index (κ3) is 3.96. The Balaban J connectivity index is 1.68. The largest absolute Gasteiger partial charge is 0.443 e. The van der Waals surface area contributed by atoms with Crippen molar-refractivity contribution in [3.8, 4) is 0 Å². The lowest BCUT2D eigenvalue weighted by Crippen LogP contribution is -1.73. The maximum absolute atomic E-state index is 5.88. The van der Waals surface area contributed by atoms with Gasteiger partial charge in [0.05, 0.1) is 0 Å². The van der Waals surface area contributed by atoms with E-state index in [1.54, 1.807) is 23.5 Å². The van der Waals surface area contributed by atoms with Crippen molar-refractivity contribution < 1.29 is 4.42 Å². The van der Waals surface area contributed by atoms with Crippen molar-refractivity contribution in [3.05, 3.63) is 71.8 Å². The van der Waals surface area contributed by atoms with E-state index < -0.39 is 0 Å². The van der Waals surface area contributed by atoms with Gasteiger partial charge in [0.25, 0.3) is 0 Å². The molecule has 0 amide bonds. The molecule has 1 heterocycles. The summed E-state index contributed by atoms with van der Waals surface area (Å²) in [5.74, 6) is 0. The van der Waals surface area contributed by atoms with Crippen molar-refractivity contribution >= 4 is 23.5 Å². The van der Waals surface area contributed by atoms with Gasteiger partial charge in [-0.1, -0.05) is 58.9 Å². The van der Waals surface area contributed by atoms with Crippen LogP contribution in [0, 0.1) is 13.8 Å². The Morgan fingerprint density at radius 2 is 0.952 bits per heavy atom.